The fourth-order valence-corrected chi connectivity index (χ4v) is 4.00. The molecule has 2 aliphatic rings. The highest BCUT2D eigenvalue weighted by molar-refractivity contribution is 5.85. The SMILES string of the molecule is COCCOc1cc(C)ccc1CNC(=O)C1CC2CCCCC2N1.Cl. The topological polar surface area (TPSA) is 59.6 Å². The predicted octanol–water partition coefficient (Wildman–Crippen LogP) is 2.98. The number of hydrogen-bond acceptors (Lipinski definition) is 4. The molecule has 3 unspecified atom stereocenters. The van der Waals surface area contributed by atoms with Gasteiger partial charge in [-0.25, -0.2) is 0 Å². The lowest BCUT2D eigenvalue weighted by Crippen LogP contribution is -2.42. The summed E-state index contributed by atoms with van der Waals surface area (Å²) in [7, 11) is 1.66. The molecule has 26 heavy (non-hydrogen) atoms. The van der Waals surface area contributed by atoms with Gasteiger partial charge in [-0.1, -0.05) is 25.0 Å². The normalized spacial score (nSPS) is 24.5. The summed E-state index contributed by atoms with van der Waals surface area (Å²) in [5, 5.41) is 6.62. The number of nitrogens with one attached hydrogen (secondary N) is 2. The van der Waals surface area contributed by atoms with Gasteiger partial charge in [0.15, 0.2) is 0 Å². The van der Waals surface area contributed by atoms with E-state index in [1.54, 1.807) is 7.11 Å². The van der Waals surface area contributed by atoms with Crippen LogP contribution in [-0.2, 0) is 16.1 Å². The summed E-state index contributed by atoms with van der Waals surface area (Å²) < 4.78 is 10.8. The Morgan fingerprint density at radius 1 is 1.27 bits per heavy atom. The van der Waals surface area contributed by atoms with E-state index in [4.69, 9.17) is 9.47 Å². The van der Waals surface area contributed by atoms with Gasteiger partial charge in [-0.3, -0.25) is 4.79 Å². The highest BCUT2D eigenvalue weighted by Crippen LogP contribution is 2.33. The molecule has 1 aromatic rings. The summed E-state index contributed by atoms with van der Waals surface area (Å²) in [6, 6.07) is 6.58. The molecular weight excluding hydrogens is 352 g/mol. The second-order valence-corrected chi connectivity index (χ2v) is 7.28. The Morgan fingerprint density at radius 2 is 2.08 bits per heavy atom. The molecule has 146 valence electrons. The number of hydrogen-bond donors (Lipinski definition) is 2. The van der Waals surface area contributed by atoms with E-state index in [0.717, 1.165) is 23.3 Å². The van der Waals surface area contributed by atoms with Gasteiger partial charge in [0, 0.05) is 25.3 Å². The lowest BCUT2D eigenvalue weighted by molar-refractivity contribution is -0.123. The van der Waals surface area contributed by atoms with Crippen LogP contribution in [0.5, 0.6) is 5.75 Å². The number of carbonyl (C=O) groups is 1. The number of ether oxygens (including phenoxy) is 2. The van der Waals surface area contributed by atoms with Gasteiger partial charge in [0.05, 0.1) is 12.6 Å². The number of methoxy groups -OCH3 is 1. The van der Waals surface area contributed by atoms with E-state index < -0.39 is 0 Å². The first kappa shape index (κ1) is 21.0. The maximum Gasteiger partial charge on any atom is 0.237 e. The van der Waals surface area contributed by atoms with Crippen LogP contribution in [0.2, 0.25) is 0 Å². The number of halogens is 1. The van der Waals surface area contributed by atoms with E-state index in [9.17, 15) is 4.79 Å². The minimum absolute atomic E-state index is 0. The van der Waals surface area contributed by atoms with E-state index in [0.29, 0.717) is 31.7 Å². The lowest BCUT2D eigenvalue weighted by atomic mass is 9.85. The van der Waals surface area contributed by atoms with Crippen molar-refractivity contribution in [2.45, 2.75) is 57.7 Å². The maximum absolute atomic E-state index is 12.6. The van der Waals surface area contributed by atoms with E-state index in [1.807, 2.05) is 25.1 Å². The number of aryl methyl sites for hydroxylation is 1. The minimum atomic E-state index is -0.0450. The van der Waals surface area contributed by atoms with Crippen molar-refractivity contribution >= 4 is 18.3 Å². The Morgan fingerprint density at radius 3 is 2.85 bits per heavy atom. The van der Waals surface area contributed by atoms with Gasteiger partial charge in [-0.05, 0) is 43.7 Å². The highest BCUT2D eigenvalue weighted by atomic mass is 35.5. The first-order valence-corrected chi connectivity index (χ1v) is 9.42. The summed E-state index contributed by atoms with van der Waals surface area (Å²) in [5.41, 5.74) is 2.15. The summed E-state index contributed by atoms with van der Waals surface area (Å²) in [4.78, 5) is 12.6. The van der Waals surface area contributed by atoms with Crippen LogP contribution in [-0.4, -0.2) is 38.3 Å². The molecular formula is C20H31ClN2O3. The van der Waals surface area contributed by atoms with Gasteiger partial charge >= 0.3 is 0 Å². The average molecular weight is 383 g/mol. The zero-order valence-electron chi connectivity index (χ0n) is 15.8. The van der Waals surface area contributed by atoms with Crippen molar-refractivity contribution < 1.29 is 14.3 Å². The van der Waals surface area contributed by atoms with Gasteiger partial charge < -0.3 is 20.1 Å². The molecule has 1 saturated carbocycles. The zero-order chi connectivity index (χ0) is 17.6. The van der Waals surface area contributed by atoms with Crippen LogP contribution in [0.3, 0.4) is 0 Å². The lowest BCUT2D eigenvalue weighted by Gasteiger charge is -2.24. The van der Waals surface area contributed by atoms with Gasteiger partial charge in [-0.15, -0.1) is 12.4 Å². The fourth-order valence-electron chi connectivity index (χ4n) is 4.00. The van der Waals surface area contributed by atoms with Gasteiger partial charge in [0.25, 0.3) is 0 Å². The molecule has 5 nitrogen and oxygen atoms in total. The second kappa shape index (κ2) is 10.1. The Labute approximate surface area is 162 Å². The third kappa shape index (κ3) is 5.35. The van der Waals surface area contributed by atoms with E-state index in [-0.39, 0.29) is 24.4 Å². The summed E-state index contributed by atoms with van der Waals surface area (Å²) in [6.07, 6.45) is 6.04. The minimum Gasteiger partial charge on any atom is -0.491 e. The van der Waals surface area contributed by atoms with Crippen molar-refractivity contribution in [2.24, 2.45) is 5.92 Å². The number of rotatable bonds is 7. The van der Waals surface area contributed by atoms with Crippen LogP contribution in [0, 0.1) is 12.8 Å². The van der Waals surface area contributed by atoms with Crippen molar-refractivity contribution in [1.82, 2.24) is 10.6 Å². The zero-order valence-corrected chi connectivity index (χ0v) is 16.6. The second-order valence-electron chi connectivity index (χ2n) is 7.28. The molecule has 1 aromatic carbocycles. The van der Waals surface area contributed by atoms with E-state index in [2.05, 4.69) is 10.6 Å². The van der Waals surface area contributed by atoms with Crippen LogP contribution in [0.4, 0.5) is 0 Å². The summed E-state index contributed by atoms with van der Waals surface area (Å²) in [5.74, 6) is 1.61. The van der Waals surface area contributed by atoms with Gasteiger partial charge in [0.1, 0.15) is 12.4 Å². The van der Waals surface area contributed by atoms with E-state index in [1.165, 1.54) is 25.7 Å². The van der Waals surface area contributed by atoms with Crippen LogP contribution < -0.4 is 15.4 Å². The molecule has 0 bridgehead atoms. The Kier molecular flexibility index (Phi) is 8.19. The molecule has 1 aliphatic heterocycles. The predicted molar refractivity (Wildman–Crippen MR) is 105 cm³/mol. The Bertz CT molecular complexity index is 582. The number of benzene rings is 1. The molecule has 1 saturated heterocycles. The van der Waals surface area contributed by atoms with Crippen molar-refractivity contribution in [3.8, 4) is 5.75 Å². The molecule has 0 spiro atoms. The first-order valence-electron chi connectivity index (χ1n) is 9.42. The standard InChI is InChI=1S/C20H30N2O3.ClH/c1-14-7-8-16(19(11-14)25-10-9-24-2)13-21-20(23)18-12-15-5-3-4-6-17(15)22-18;/h7-8,11,15,17-18,22H,3-6,9-10,12-13H2,1-2H3,(H,21,23);1H. The van der Waals surface area contributed by atoms with Gasteiger partial charge in [-0.2, -0.15) is 0 Å². The van der Waals surface area contributed by atoms with E-state index >= 15 is 0 Å². The summed E-state index contributed by atoms with van der Waals surface area (Å²) in [6.45, 7) is 3.59. The van der Waals surface area contributed by atoms with Crippen molar-refractivity contribution in [2.75, 3.05) is 20.3 Å². The number of carbonyl (C=O) groups excluding carboxylic acids is 1. The van der Waals surface area contributed by atoms with Crippen LogP contribution in [0.1, 0.15) is 43.2 Å². The Hall–Kier alpha value is -1.30. The molecule has 3 rings (SSSR count). The molecule has 6 heteroatoms. The first-order chi connectivity index (χ1) is 12.2. The largest absolute Gasteiger partial charge is 0.491 e. The monoisotopic (exact) mass is 382 g/mol. The van der Waals surface area contributed by atoms with Crippen LogP contribution in [0.25, 0.3) is 0 Å². The highest BCUT2D eigenvalue weighted by Gasteiger charge is 2.38. The molecule has 2 N–H and O–H groups in total. The Balaban J connectivity index is 0.00000243. The fraction of sp³-hybridized carbons (Fsp3) is 0.650. The molecule has 1 heterocycles. The van der Waals surface area contributed by atoms with Crippen molar-refractivity contribution in [1.29, 1.82) is 0 Å². The number of amides is 1. The molecule has 1 amide bonds. The molecule has 2 fully saturated rings. The third-order valence-electron chi connectivity index (χ3n) is 5.40. The van der Waals surface area contributed by atoms with Crippen molar-refractivity contribution in [3.05, 3.63) is 29.3 Å². The maximum atomic E-state index is 12.6. The van der Waals surface area contributed by atoms with Crippen LogP contribution in [0.15, 0.2) is 18.2 Å². The van der Waals surface area contributed by atoms with Gasteiger partial charge in [0.2, 0.25) is 5.91 Å². The molecule has 3 atom stereocenters. The molecule has 0 radical (unpaired) electrons. The van der Waals surface area contributed by atoms with Crippen molar-refractivity contribution in [3.63, 3.8) is 0 Å². The third-order valence-corrected chi connectivity index (χ3v) is 5.40. The molecule has 1 aliphatic carbocycles. The quantitative estimate of drug-likeness (QED) is 0.712. The summed E-state index contributed by atoms with van der Waals surface area (Å²) >= 11 is 0. The smallest absolute Gasteiger partial charge is 0.237 e. The number of fused-ring (bicyclic) bond motifs is 1. The average Bonchev–Trinajstić information content (AvgIpc) is 3.05. The molecule has 0 aromatic heterocycles. The van der Waals surface area contributed by atoms with Crippen LogP contribution >= 0.6 is 12.4 Å².